The minimum atomic E-state index is -0.223. The first kappa shape index (κ1) is 18.6. The summed E-state index contributed by atoms with van der Waals surface area (Å²) in [6, 6.07) is 13.3. The molecule has 0 aliphatic carbocycles. The van der Waals surface area contributed by atoms with E-state index in [0.29, 0.717) is 18.1 Å². The Labute approximate surface area is 157 Å². The maximum Gasteiger partial charge on any atom is 0.261 e. The van der Waals surface area contributed by atoms with E-state index in [1.54, 1.807) is 6.07 Å². The monoisotopic (exact) mass is 373 g/mol. The van der Waals surface area contributed by atoms with Crippen LogP contribution in [0.5, 0.6) is 0 Å². The Morgan fingerprint density at radius 3 is 2.58 bits per heavy atom. The second-order valence-corrected chi connectivity index (χ2v) is 7.05. The molecule has 2 heterocycles. The molecule has 1 fully saturated rings. The summed E-state index contributed by atoms with van der Waals surface area (Å²) in [5.41, 5.74) is 1.05. The molecule has 1 aliphatic heterocycles. The first-order chi connectivity index (χ1) is 12.7. The second kappa shape index (κ2) is 9.47. The summed E-state index contributed by atoms with van der Waals surface area (Å²) in [5, 5.41) is 7.56. The van der Waals surface area contributed by atoms with Gasteiger partial charge in [-0.3, -0.25) is 14.5 Å². The smallest absolute Gasteiger partial charge is 0.261 e. The van der Waals surface area contributed by atoms with Crippen LogP contribution in [0.4, 0.5) is 0 Å². The lowest BCUT2D eigenvalue weighted by molar-refractivity contribution is -0.121. The number of ether oxygens (including phenoxy) is 1. The van der Waals surface area contributed by atoms with Crippen molar-refractivity contribution in [2.75, 3.05) is 39.4 Å². The fourth-order valence-electron chi connectivity index (χ4n) is 2.86. The number of carbonyl (C=O) groups excluding carboxylic acids is 2. The van der Waals surface area contributed by atoms with E-state index >= 15 is 0 Å². The molecule has 1 aliphatic rings. The zero-order valence-electron chi connectivity index (χ0n) is 14.5. The summed E-state index contributed by atoms with van der Waals surface area (Å²) in [6.45, 7) is 3.82. The number of nitrogens with one attached hydrogen (secondary N) is 2. The lowest BCUT2D eigenvalue weighted by Gasteiger charge is -2.31. The highest BCUT2D eigenvalue weighted by molar-refractivity contribution is 7.12. The van der Waals surface area contributed by atoms with Gasteiger partial charge in [0.15, 0.2) is 0 Å². The largest absolute Gasteiger partial charge is 0.379 e. The lowest BCUT2D eigenvalue weighted by Crippen LogP contribution is -2.45. The Balaban J connectivity index is 1.57. The Hall–Kier alpha value is -2.22. The van der Waals surface area contributed by atoms with Crippen molar-refractivity contribution in [3.8, 4) is 0 Å². The maximum atomic E-state index is 12.4. The van der Waals surface area contributed by atoms with Gasteiger partial charge < -0.3 is 15.4 Å². The SMILES string of the molecule is O=C(CNC(=O)c1cccs1)N[C@@H](CN1CCOCC1)c1ccccc1. The highest BCUT2D eigenvalue weighted by Crippen LogP contribution is 2.15. The van der Waals surface area contributed by atoms with Crippen LogP contribution in [0, 0.1) is 0 Å². The molecule has 1 saturated heterocycles. The Morgan fingerprint density at radius 1 is 1.12 bits per heavy atom. The van der Waals surface area contributed by atoms with E-state index in [1.807, 2.05) is 41.8 Å². The minimum Gasteiger partial charge on any atom is -0.379 e. The third-order valence-electron chi connectivity index (χ3n) is 4.24. The summed E-state index contributed by atoms with van der Waals surface area (Å²) in [6.07, 6.45) is 0. The summed E-state index contributed by atoms with van der Waals surface area (Å²) >= 11 is 1.35. The van der Waals surface area contributed by atoms with Gasteiger partial charge in [0.1, 0.15) is 0 Å². The molecule has 1 aromatic carbocycles. The van der Waals surface area contributed by atoms with Crippen LogP contribution in [-0.2, 0) is 9.53 Å². The van der Waals surface area contributed by atoms with Crippen molar-refractivity contribution < 1.29 is 14.3 Å². The van der Waals surface area contributed by atoms with Crippen LogP contribution in [0.15, 0.2) is 47.8 Å². The number of hydrogen-bond acceptors (Lipinski definition) is 5. The zero-order valence-corrected chi connectivity index (χ0v) is 15.3. The van der Waals surface area contributed by atoms with Crippen LogP contribution in [0.3, 0.4) is 0 Å². The Bertz CT molecular complexity index is 700. The van der Waals surface area contributed by atoms with Gasteiger partial charge in [0.25, 0.3) is 5.91 Å². The highest BCUT2D eigenvalue weighted by Gasteiger charge is 2.20. The molecule has 2 aromatic rings. The van der Waals surface area contributed by atoms with E-state index < -0.39 is 0 Å². The third kappa shape index (κ3) is 5.39. The molecule has 0 radical (unpaired) electrons. The predicted molar refractivity (Wildman–Crippen MR) is 101 cm³/mol. The van der Waals surface area contributed by atoms with Gasteiger partial charge in [-0.1, -0.05) is 36.4 Å². The van der Waals surface area contributed by atoms with Gasteiger partial charge in [0.05, 0.1) is 30.7 Å². The molecule has 26 heavy (non-hydrogen) atoms. The Kier molecular flexibility index (Phi) is 6.76. The number of morpholine rings is 1. The quantitative estimate of drug-likeness (QED) is 0.775. The molecule has 6 nitrogen and oxygen atoms in total. The van der Waals surface area contributed by atoms with Crippen LogP contribution in [-0.4, -0.2) is 56.1 Å². The van der Waals surface area contributed by atoms with E-state index in [1.165, 1.54) is 11.3 Å². The van der Waals surface area contributed by atoms with Crippen molar-refractivity contribution in [3.05, 3.63) is 58.3 Å². The van der Waals surface area contributed by atoms with E-state index in [9.17, 15) is 9.59 Å². The third-order valence-corrected chi connectivity index (χ3v) is 5.10. The van der Waals surface area contributed by atoms with E-state index in [-0.39, 0.29) is 24.4 Å². The van der Waals surface area contributed by atoms with Crippen LogP contribution in [0.1, 0.15) is 21.3 Å². The summed E-state index contributed by atoms with van der Waals surface area (Å²) in [7, 11) is 0. The fourth-order valence-corrected chi connectivity index (χ4v) is 3.50. The molecule has 2 amide bonds. The molecule has 0 spiro atoms. The summed E-state index contributed by atoms with van der Waals surface area (Å²) in [5.74, 6) is -0.420. The fraction of sp³-hybridized carbons (Fsp3) is 0.368. The summed E-state index contributed by atoms with van der Waals surface area (Å²) in [4.78, 5) is 27.2. The second-order valence-electron chi connectivity index (χ2n) is 6.10. The molecule has 1 aromatic heterocycles. The molecule has 138 valence electrons. The lowest BCUT2D eigenvalue weighted by atomic mass is 10.1. The van der Waals surface area contributed by atoms with Crippen molar-refractivity contribution in [3.63, 3.8) is 0 Å². The van der Waals surface area contributed by atoms with Gasteiger partial charge >= 0.3 is 0 Å². The maximum absolute atomic E-state index is 12.4. The standard InChI is InChI=1S/C19H23N3O3S/c23-18(13-20-19(24)17-7-4-12-26-17)21-16(15-5-2-1-3-6-15)14-22-8-10-25-11-9-22/h1-7,12,16H,8-11,13-14H2,(H,20,24)(H,21,23)/t16-/m0/s1. The molecule has 1 atom stereocenters. The number of thiophene rings is 1. The molecular weight excluding hydrogens is 350 g/mol. The number of carbonyl (C=O) groups is 2. The summed E-state index contributed by atoms with van der Waals surface area (Å²) < 4.78 is 5.39. The molecule has 7 heteroatoms. The van der Waals surface area contributed by atoms with Gasteiger partial charge in [-0.2, -0.15) is 0 Å². The minimum absolute atomic E-state index is 0.0385. The van der Waals surface area contributed by atoms with Gasteiger partial charge in [0.2, 0.25) is 5.91 Å². The number of nitrogens with zero attached hydrogens (tertiary/aromatic N) is 1. The van der Waals surface area contributed by atoms with E-state index in [0.717, 1.165) is 25.2 Å². The van der Waals surface area contributed by atoms with Crippen LogP contribution >= 0.6 is 11.3 Å². The van der Waals surface area contributed by atoms with E-state index in [4.69, 9.17) is 4.74 Å². The molecule has 0 saturated carbocycles. The number of rotatable bonds is 7. The van der Waals surface area contributed by atoms with Crippen molar-refractivity contribution in [2.24, 2.45) is 0 Å². The van der Waals surface area contributed by atoms with Gasteiger partial charge in [-0.15, -0.1) is 11.3 Å². The first-order valence-corrected chi connectivity index (χ1v) is 9.56. The van der Waals surface area contributed by atoms with Crippen LogP contribution in [0.2, 0.25) is 0 Å². The van der Waals surface area contributed by atoms with Crippen molar-refractivity contribution >= 4 is 23.2 Å². The van der Waals surface area contributed by atoms with Crippen LogP contribution < -0.4 is 10.6 Å². The first-order valence-electron chi connectivity index (χ1n) is 8.68. The van der Waals surface area contributed by atoms with Crippen molar-refractivity contribution in [2.45, 2.75) is 6.04 Å². The number of amides is 2. The molecule has 0 unspecified atom stereocenters. The number of hydrogen-bond donors (Lipinski definition) is 2. The van der Waals surface area contributed by atoms with Crippen LogP contribution in [0.25, 0.3) is 0 Å². The van der Waals surface area contributed by atoms with Gasteiger partial charge in [-0.05, 0) is 17.0 Å². The molecule has 0 bridgehead atoms. The zero-order chi connectivity index (χ0) is 18.2. The predicted octanol–water partition coefficient (Wildman–Crippen LogP) is 1.67. The highest BCUT2D eigenvalue weighted by atomic mass is 32.1. The average Bonchev–Trinajstić information content (AvgIpc) is 3.22. The molecule has 3 rings (SSSR count). The molecular formula is C19H23N3O3S. The Morgan fingerprint density at radius 2 is 1.88 bits per heavy atom. The van der Waals surface area contributed by atoms with Crippen molar-refractivity contribution in [1.82, 2.24) is 15.5 Å². The molecule has 2 N–H and O–H groups in total. The van der Waals surface area contributed by atoms with E-state index in [2.05, 4.69) is 15.5 Å². The van der Waals surface area contributed by atoms with Crippen molar-refractivity contribution in [1.29, 1.82) is 0 Å². The normalized spacial score (nSPS) is 16.0. The number of benzene rings is 1. The topological polar surface area (TPSA) is 70.7 Å². The van der Waals surface area contributed by atoms with Gasteiger partial charge in [0, 0.05) is 19.6 Å². The average molecular weight is 373 g/mol. The van der Waals surface area contributed by atoms with Gasteiger partial charge in [-0.25, -0.2) is 0 Å².